The molecule has 3 nitrogen and oxygen atoms in total. The Kier molecular flexibility index (Phi) is 3.15. The Balaban J connectivity index is 2.85. The van der Waals surface area contributed by atoms with Gasteiger partial charge in [-0.25, -0.2) is 4.98 Å². The highest BCUT2D eigenvalue weighted by atomic mass is 79.9. The van der Waals surface area contributed by atoms with E-state index in [1.807, 2.05) is 0 Å². The molecule has 1 heterocycles. The topological polar surface area (TPSA) is 48.1 Å². The quantitative estimate of drug-likeness (QED) is 0.803. The van der Waals surface area contributed by atoms with Gasteiger partial charge in [0.1, 0.15) is 0 Å². The molecule has 1 aromatic rings. The van der Waals surface area contributed by atoms with Crippen LogP contribution in [0.2, 0.25) is 0 Å². The number of anilines is 1. The van der Waals surface area contributed by atoms with E-state index in [1.54, 1.807) is 19.2 Å². The molecule has 0 aliphatic heterocycles. The summed E-state index contributed by atoms with van der Waals surface area (Å²) in [5, 5.41) is 0. The van der Waals surface area contributed by atoms with Gasteiger partial charge in [-0.2, -0.15) is 0 Å². The molecule has 0 bridgehead atoms. The summed E-state index contributed by atoms with van der Waals surface area (Å²) < 4.78 is 6.07. The van der Waals surface area contributed by atoms with Crippen LogP contribution in [0.15, 0.2) is 16.7 Å². The minimum absolute atomic E-state index is 0.323. The molecule has 0 aromatic carbocycles. The highest BCUT2D eigenvalue weighted by Crippen LogP contribution is 2.22. The first-order valence-electron chi connectivity index (χ1n) is 3.67. The minimum Gasteiger partial charge on any atom is -0.460 e. The van der Waals surface area contributed by atoms with E-state index in [-0.39, 0.29) is 6.10 Å². The van der Waals surface area contributed by atoms with Crippen LogP contribution in [-0.2, 0) is 0 Å². The van der Waals surface area contributed by atoms with Gasteiger partial charge in [-0.05, 0) is 28.9 Å². The molecule has 0 aliphatic carbocycles. The van der Waals surface area contributed by atoms with Crippen LogP contribution in [-0.4, -0.2) is 11.1 Å². The molecule has 0 spiro atoms. The number of ether oxygens (including phenoxy) is 1. The molecule has 0 saturated heterocycles. The monoisotopic (exact) mass is 240 g/mol. The number of hydrogen-bond acceptors (Lipinski definition) is 3. The lowest BCUT2D eigenvalue weighted by molar-refractivity contribution is 0.269. The maximum atomic E-state index is 5.64. The predicted molar refractivity (Wildman–Crippen MR) is 55.3 cm³/mol. The van der Waals surface area contributed by atoms with E-state index in [4.69, 9.17) is 16.9 Å². The molecule has 1 rings (SSSR count). The number of nitrogens with two attached hydrogens (primary N) is 1. The lowest BCUT2D eigenvalue weighted by Crippen LogP contribution is -2.10. The Bertz CT molecular complexity index is 346. The van der Waals surface area contributed by atoms with Gasteiger partial charge in [-0.15, -0.1) is 6.42 Å². The first-order chi connectivity index (χ1) is 6.13. The second-order valence-electron chi connectivity index (χ2n) is 2.47. The van der Waals surface area contributed by atoms with Crippen molar-refractivity contribution in [2.75, 3.05) is 5.73 Å². The molecule has 0 fully saturated rings. The zero-order valence-corrected chi connectivity index (χ0v) is 8.71. The van der Waals surface area contributed by atoms with Crippen molar-refractivity contribution in [3.05, 3.63) is 16.7 Å². The molecule has 0 amide bonds. The summed E-state index contributed by atoms with van der Waals surface area (Å²) in [6.07, 6.45) is 6.43. The van der Waals surface area contributed by atoms with Crippen molar-refractivity contribution in [2.24, 2.45) is 0 Å². The van der Waals surface area contributed by atoms with Crippen LogP contribution in [0.4, 0.5) is 5.69 Å². The standard InChI is InChI=1S/C9H9BrN2O/c1-3-6(2)13-9-8(11)4-7(10)5-12-9/h1,4-6H,11H2,2H3. The molecule has 1 unspecified atom stereocenters. The third kappa shape index (κ3) is 2.63. The van der Waals surface area contributed by atoms with Gasteiger partial charge in [0.2, 0.25) is 5.88 Å². The molecule has 0 saturated carbocycles. The number of halogens is 1. The van der Waals surface area contributed by atoms with Gasteiger partial charge >= 0.3 is 0 Å². The molecular formula is C9H9BrN2O. The average molecular weight is 241 g/mol. The molecule has 0 radical (unpaired) electrons. The third-order valence-corrected chi connectivity index (χ3v) is 1.80. The fraction of sp³-hybridized carbons (Fsp3) is 0.222. The fourth-order valence-electron chi connectivity index (χ4n) is 0.742. The Morgan fingerprint density at radius 3 is 3.00 bits per heavy atom. The van der Waals surface area contributed by atoms with Gasteiger partial charge in [-0.1, -0.05) is 5.92 Å². The van der Waals surface area contributed by atoms with E-state index in [0.29, 0.717) is 11.6 Å². The maximum Gasteiger partial charge on any atom is 0.238 e. The van der Waals surface area contributed by atoms with Crippen LogP contribution in [0.3, 0.4) is 0 Å². The van der Waals surface area contributed by atoms with Gasteiger partial charge in [0.15, 0.2) is 6.10 Å². The number of terminal acetylenes is 1. The molecule has 0 aliphatic rings. The number of nitrogen functional groups attached to an aromatic ring is 1. The third-order valence-electron chi connectivity index (χ3n) is 1.37. The van der Waals surface area contributed by atoms with Crippen molar-refractivity contribution in [1.82, 2.24) is 4.98 Å². The van der Waals surface area contributed by atoms with E-state index in [2.05, 4.69) is 26.8 Å². The van der Waals surface area contributed by atoms with Crippen molar-refractivity contribution in [1.29, 1.82) is 0 Å². The van der Waals surface area contributed by atoms with E-state index in [1.165, 1.54) is 0 Å². The number of hydrogen-bond donors (Lipinski definition) is 1. The summed E-state index contributed by atoms with van der Waals surface area (Å²) in [6.45, 7) is 1.75. The number of rotatable bonds is 2. The lowest BCUT2D eigenvalue weighted by Gasteiger charge is -2.09. The molecule has 1 atom stereocenters. The van der Waals surface area contributed by atoms with Crippen molar-refractivity contribution < 1.29 is 4.74 Å². The van der Waals surface area contributed by atoms with E-state index in [9.17, 15) is 0 Å². The van der Waals surface area contributed by atoms with Crippen LogP contribution in [0.1, 0.15) is 6.92 Å². The Hall–Kier alpha value is -1.21. The lowest BCUT2D eigenvalue weighted by atomic mass is 10.4. The summed E-state index contributed by atoms with van der Waals surface area (Å²) in [5.74, 6) is 2.79. The fourth-order valence-corrected chi connectivity index (χ4v) is 1.09. The Labute approximate surface area is 85.4 Å². The zero-order valence-electron chi connectivity index (χ0n) is 7.12. The predicted octanol–water partition coefficient (Wildman–Crippen LogP) is 1.83. The highest BCUT2D eigenvalue weighted by Gasteiger charge is 2.05. The molecular weight excluding hydrogens is 232 g/mol. The Morgan fingerprint density at radius 2 is 2.46 bits per heavy atom. The summed E-state index contributed by atoms with van der Waals surface area (Å²) in [7, 11) is 0. The minimum atomic E-state index is -0.323. The van der Waals surface area contributed by atoms with Crippen LogP contribution >= 0.6 is 15.9 Å². The normalized spacial score (nSPS) is 11.8. The smallest absolute Gasteiger partial charge is 0.238 e. The SMILES string of the molecule is C#CC(C)Oc1ncc(Br)cc1N. The Morgan fingerprint density at radius 1 is 1.77 bits per heavy atom. The van der Waals surface area contributed by atoms with Crippen LogP contribution < -0.4 is 10.5 Å². The number of aromatic nitrogens is 1. The summed E-state index contributed by atoms with van der Waals surface area (Å²) in [5.41, 5.74) is 6.11. The maximum absolute atomic E-state index is 5.64. The first-order valence-corrected chi connectivity index (χ1v) is 4.46. The van der Waals surface area contributed by atoms with Crippen LogP contribution in [0.5, 0.6) is 5.88 Å². The first kappa shape index (κ1) is 9.87. The van der Waals surface area contributed by atoms with Crippen molar-refractivity contribution in [3.8, 4) is 18.2 Å². The highest BCUT2D eigenvalue weighted by molar-refractivity contribution is 9.10. The van der Waals surface area contributed by atoms with E-state index in [0.717, 1.165) is 4.47 Å². The van der Waals surface area contributed by atoms with Crippen molar-refractivity contribution >= 4 is 21.6 Å². The van der Waals surface area contributed by atoms with Gasteiger partial charge in [0.05, 0.1) is 5.69 Å². The van der Waals surface area contributed by atoms with Gasteiger partial charge < -0.3 is 10.5 Å². The average Bonchev–Trinajstić information content (AvgIpc) is 2.09. The van der Waals surface area contributed by atoms with E-state index >= 15 is 0 Å². The second kappa shape index (κ2) is 4.15. The van der Waals surface area contributed by atoms with Gasteiger partial charge in [0.25, 0.3) is 0 Å². The largest absolute Gasteiger partial charge is 0.460 e. The van der Waals surface area contributed by atoms with Crippen LogP contribution in [0.25, 0.3) is 0 Å². The summed E-state index contributed by atoms with van der Waals surface area (Å²) >= 11 is 3.24. The van der Waals surface area contributed by atoms with E-state index < -0.39 is 0 Å². The van der Waals surface area contributed by atoms with Crippen molar-refractivity contribution in [2.45, 2.75) is 13.0 Å². The molecule has 68 valence electrons. The van der Waals surface area contributed by atoms with Gasteiger partial charge in [0, 0.05) is 10.7 Å². The second-order valence-corrected chi connectivity index (χ2v) is 3.39. The number of nitrogens with zero attached hydrogens (tertiary/aromatic N) is 1. The molecule has 1 aromatic heterocycles. The van der Waals surface area contributed by atoms with Crippen molar-refractivity contribution in [3.63, 3.8) is 0 Å². The summed E-state index contributed by atoms with van der Waals surface area (Å²) in [6, 6.07) is 1.71. The molecule has 2 N–H and O–H groups in total. The van der Waals surface area contributed by atoms with Crippen LogP contribution in [0, 0.1) is 12.3 Å². The summed E-state index contributed by atoms with van der Waals surface area (Å²) in [4.78, 5) is 3.98. The number of pyridine rings is 1. The molecule has 4 heteroatoms. The zero-order chi connectivity index (χ0) is 9.84. The van der Waals surface area contributed by atoms with Gasteiger partial charge in [-0.3, -0.25) is 0 Å². The molecule has 13 heavy (non-hydrogen) atoms.